The molecule has 0 atom stereocenters. The van der Waals surface area contributed by atoms with Crippen molar-refractivity contribution < 1.29 is 4.79 Å². The quantitative estimate of drug-likeness (QED) is 0.676. The van der Waals surface area contributed by atoms with Crippen molar-refractivity contribution in [1.82, 2.24) is 10.4 Å². The molecule has 1 amide bonds. The largest absolute Gasteiger partial charge is 0.273 e. The van der Waals surface area contributed by atoms with E-state index in [1.165, 1.54) is 11.3 Å². The van der Waals surface area contributed by atoms with Crippen LogP contribution in [0, 0.1) is 6.92 Å². The van der Waals surface area contributed by atoms with Crippen LogP contribution in [-0.4, -0.2) is 16.6 Å². The van der Waals surface area contributed by atoms with Gasteiger partial charge in [-0.15, -0.1) is 11.3 Å². The predicted octanol–water partition coefficient (Wildman–Crippen LogP) is 3.58. The van der Waals surface area contributed by atoms with Crippen LogP contribution in [-0.2, 0) is 11.2 Å². The molecule has 1 heterocycles. The molecule has 1 aromatic heterocycles. The summed E-state index contributed by atoms with van der Waals surface area (Å²) in [6.45, 7) is 3.90. The van der Waals surface area contributed by atoms with Crippen LogP contribution < -0.4 is 5.43 Å². The van der Waals surface area contributed by atoms with Crippen molar-refractivity contribution in [2.24, 2.45) is 5.10 Å². The maximum Gasteiger partial charge on any atom is 0.246 e. The fourth-order valence-corrected chi connectivity index (χ4v) is 2.68. The number of thiazole rings is 1. The van der Waals surface area contributed by atoms with Crippen LogP contribution in [0.4, 0.5) is 0 Å². The van der Waals surface area contributed by atoms with E-state index < -0.39 is 0 Å². The minimum absolute atomic E-state index is 0.163. The summed E-state index contributed by atoms with van der Waals surface area (Å²) < 4.78 is 0. The van der Waals surface area contributed by atoms with E-state index in [4.69, 9.17) is 11.6 Å². The second-order valence-electron chi connectivity index (χ2n) is 4.51. The zero-order chi connectivity index (χ0) is 15.2. The zero-order valence-corrected chi connectivity index (χ0v) is 13.5. The molecular weight excluding hydrogens is 306 g/mol. The van der Waals surface area contributed by atoms with Gasteiger partial charge in [0.15, 0.2) is 0 Å². The number of amides is 1. The Labute approximate surface area is 132 Å². The van der Waals surface area contributed by atoms with Gasteiger partial charge >= 0.3 is 0 Å². The molecule has 0 spiro atoms. The highest BCUT2D eigenvalue weighted by Gasteiger charge is 2.07. The van der Waals surface area contributed by atoms with Gasteiger partial charge in [-0.2, -0.15) is 5.10 Å². The van der Waals surface area contributed by atoms with Gasteiger partial charge in [0.05, 0.1) is 12.1 Å². The first-order valence-corrected chi connectivity index (χ1v) is 7.86. The lowest BCUT2D eigenvalue weighted by molar-refractivity contribution is -0.120. The molecule has 2 aromatic rings. The number of aryl methyl sites for hydroxylation is 1. The van der Waals surface area contributed by atoms with E-state index >= 15 is 0 Å². The Morgan fingerprint density at radius 1 is 1.38 bits per heavy atom. The fraction of sp³-hybridized carbons (Fsp3) is 0.267. The molecule has 0 aliphatic heterocycles. The molecule has 21 heavy (non-hydrogen) atoms. The molecule has 6 heteroatoms. The molecule has 2 rings (SSSR count). The van der Waals surface area contributed by atoms with Crippen molar-refractivity contribution in [2.45, 2.75) is 26.7 Å². The molecule has 0 aliphatic rings. The van der Waals surface area contributed by atoms with Crippen molar-refractivity contribution in [2.75, 3.05) is 0 Å². The number of carbonyl (C=O) groups excluding carboxylic acids is 1. The molecule has 0 radical (unpaired) electrons. The molecule has 0 aliphatic carbocycles. The van der Waals surface area contributed by atoms with Crippen molar-refractivity contribution >= 4 is 34.6 Å². The number of hydrogen-bond acceptors (Lipinski definition) is 4. The highest BCUT2D eigenvalue weighted by atomic mass is 35.5. The van der Waals surface area contributed by atoms with Gasteiger partial charge in [0.1, 0.15) is 5.01 Å². The topological polar surface area (TPSA) is 54.4 Å². The third-order valence-corrected chi connectivity index (χ3v) is 4.02. The predicted molar refractivity (Wildman–Crippen MR) is 87.0 cm³/mol. The van der Waals surface area contributed by atoms with Crippen LogP contribution in [0.3, 0.4) is 0 Å². The van der Waals surface area contributed by atoms with E-state index in [9.17, 15) is 4.79 Å². The van der Waals surface area contributed by atoms with Gasteiger partial charge in [0.25, 0.3) is 0 Å². The van der Waals surface area contributed by atoms with E-state index in [1.807, 2.05) is 43.5 Å². The third kappa shape index (κ3) is 4.65. The van der Waals surface area contributed by atoms with E-state index in [-0.39, 0.29) is 12.3 Å². The normalized spacial score (nSPS) is 11.5. The summed E-state index contributed by atoms with van der Waals surface area (Å²) in [6, 6.07) is 7.40. The van der Waals surface area contributed by atoms with E-state index in [1.54, 1.807) is 0 Å². The number of aromatic nitrogens is 1. The summed E-state index contributed by atoms with van der Waals surface area (Å²) in [5, 5.41) is 7.60. The van der Waals surface area contributed by atoms with Crippen molar-refractivity contribution in [3.63, 3.8) is 0 Å². The number of hydrazone groups is 1. The molecule has 1 aromatic carbocycles. The Morgan fingerprint density at radius 2 is 2.10 bits per heavy atom. The molecule has 1 N–H and O–H groups in total. The highest BCUT2D eigenvalue weighted by molar-refractivity contribution is 7.09. The van der Waals surface area contributed by atoms with Crippen LogP contribution in [0.2, 0.25) is 5.02 Å². The Bertz CT molecular complexity index is 649. The van der Waals surface area contributed by atoms with Crippen molar-refractivity contribution in [3.8, 4) is 0 Å². The molecule has 0 saturated carbocycles. The monoisotopic (exact) mass is 321 g/mol. The second kappa shape index (κ2) is 7.33. The van der Waals surface area contributed by atoms with Gasteiger partial charge in [0, 0.05) is 16.1 Å². The minimum Gasteiger partial charge on any atom is -0.273 e. The Balaban J connectivity index is 2.00. The number of carbonyl (C=O) groups is 1. The maximum absolute atomic E-state index is 11.9. The van der Waals surface area contributed by atoms with E-state index in [0.29, 0.717) is 5.02 Å². The number of halogens is 1. The van der Waals surface area contributed by atoms with Gasteiger partial charge in [-0.1, -0.05) is 30.7 Å². The number of benzene rings is 1. The standard InChI is InChI=1S/C15H16ClN3OS/c1-3-13(11-4-6-12(16)7-5-11)18-19-14(20)8-15-17-10(2)9-21-15/h4-7,9H,3,8H2,1-2H3,(H,19,20)/b18-13-. The summed E-state index contributed by atoms with van der Waals surface area (Å²) in [7, 11) is 0. The lowest BCUT2D eigenvalue weighted by Crippen LogP contribution is -2.21. The molecule has 4 nitrogen and oxygen atoms in total. The number of nitrogens with zero attached hydrogens (tertiary/aromatic N) is 2. The van der Waals surface area contributed by atoms with Crippen LogP contribution >= 0.6 is 22.9 Å². The van der Waals surface area contributed by atoms with E-state index in [2.05, 4.69) is 15.5 Å². The van der Waals surface area contributed by atoms with Crippen molar-refractivity contribution in [1.29, 1.82) is 0 Å². The van der Waals surface area contributed by atoms with Gasteiger partial charge in [-0.3, -0.25) is 4.79 Å². The van der Waals surface area contributed by atoms with Gasteiger partial charge in [-0.25, -0.2) is 10.4 Å². The summed E-state index contributed by atoms with van der Waals surface area (Å²) in [4.78, 5) is 16.1. The minimum atomic E-state index is -0.163. The number of rotatable bonds is 5. The maximum atomic E-state index is 11.9. The SMILES string of the molecule is CC/C(=N/NC(=O)Cc1nc(C)cs1)c1ccc(Cl)cc1. The Kier molecular flexibility index (Phi) is 5.47. The first kappa shape index (κ1) is 15.7. The van der Waals surface area contributed by atoms with E-state index in [0.717, 1.165) is 28.4 Å². The fourth-order valence-electron chi connectivity index (χ4n) is 1.78. The first-order chi connectivity index (χ1) is 10.1. The Morgan fingerprint density at radius 3 is 2.67 bits per heavy atom. The van der Waals surface area contributed by atoms with Crippen LogP contribution in [0.15, 0.2) is 34.7 Å². The van der Waals surface area contributed by atoms with Gasteiger partial charge < -0.3 is 0 Å². The third-order valence-electron chi connectivity index (χ3n) is 2.81. The summed E-state index contributed by atoms with van der Waals surface area (Å²) in [5.74, 6) is -0.163. The molecule has 0 unspecified atom stereocenters. The van der Waals surface area contributed by atoms with Crippen LogP contribution in [0.25, 0.3) is 0 Å². The Hall–Kier alpha value is -1.72. The number of nitrogens with one attached hydrogen (secondary N) is 1. The summed E-state index contributed by atoms with van der Waals surface area (Å²) in [5.41, 5.74) is 5.29. The first-order valence-electron chi connectivity index (χ1n) is 6.61. The van der Waals surface area contributed by atoms with Gasteiger partial charge in [-0.05, 0) is 31.0 Å². The van der Waals surface area contributed by atoms with Crippen LogP contribution in [0.1, 0.15) is 29.6 Å². The lowest BCUT2D eigenvalue weighted by atomic mass is 10.1. The van der Waals surface area contributed by atoms with Gasteiger partial charge in [0.2, 0.25) is 5.91 Å². The molecule has 0 bridgehead atoms. The smallest absolute Gasteiger partial charge is 0.246 e. The summed E-state index contributed by atoms with van der Waals surface area (Å²) in [6.07, 6.45) is 0.970. The average molecular weight is 322 g/mol. The number of hydrogen-bond donors (Lipinski definition) is 1. The lowest BCUT2D eigenvalue weighted by Gasteiger charge is -2.05. The molecular formula is C15H16ClN3OS. The zero-order valence-electron chi connectivity index (χ0n) is 11.9. The van der Waals surface area contributed by atoms with Crippen molar-refractivity contribution in [3.05, 3.63) is 50.9 Å². The average Bonchev–Trinajstić information content (AvgIpc) is 2.86. The molecule has 110 valence electrons. The second-order valence-corrected chi connectivity index (χ2v) is 5.89. The van der Waals surface area contributed by atoms with Crippen LogP contribution in [0.5, 0.6) is 0 Å². The molecule has 0 saturated heterocycles. The molecule has 0 fully saturated rings. The summed E-state index contributed by atoms with van der Waals surface area (Å²) >= 11 is 7.34. The highest BCUT2D eigenvalue weighted by Crippen LogP contribution is 2.12.